The zero-order valence-corrected chi connectivity index (χ0v) is 34.5. The fourth-order valence-electron chi connectivity index (χ4n) is 8.17. The summed E-state index contributed by atoms with van der Waals surface area (Å²) in [6, 6.07) is 29.3. The predicted octanol–water partition coefficient (Wildman–Crippen LogP) is 9.54. The molecular formula is C47H62ClFN2O6. The monoisotopic (exact) mass is 804 g/mol. The molecule has 2 fully saturated rings. The molecule has 2 saturated heterocycles. The number of rotatable bonds is 19. The molecule has 6 rings (SSSR count). The van der Waals surface area contributed by atoms with E-state index in [1.165, 1.54) is 12.1 Å². The van der Waals surface area contributed by atoms with Crippen molar-refractivity contribution in [1.82, 2.24) is 10.6 Å². The fraction of sp³-hybridized carbons (Fsp3) is 0.489. The summed E-state index contributed by atoms with van der Waals surface area (Å²) in [5.41, 5.74) is 0.651. The van der Waals surface area contributed by atoms with Gasteiger partial charge in [0, 0.05) is 63.5 Å². The molecule has 4 aromatic carbocycles. The smallest absolute Gasteiger partial charge is 0.146 e. The van der Waals surface area contributed by atoms with Crippen molar-refractivity contribution in [2.45, 2.75) is 82.0 Å². The van der Waals surface area contributed by atoms with E-state index in [-0.39, 0.29) is 17.7 Å². The molecule has 57 heavy (non-hydrogen) atoms. The molecular weight excluding hydrogens is 743 g/mol. The van der Waals surface area contributed by atoms with Crippen LogP contribution in [0.15, 0.2) is 97.1 Å². The maximum absolute atomic E-state index is 13.2. The van der Waals surface area contributed by atoms with Gasteiger partial charge in [-0.1, -0.05) is 72.3 Å². The van der Waals surface area contributed by atoms with Gasteiger partial charge in [-0.25, -0.2) is 4.39 Å². The molecule has 4 atom stereocenters. The Bertz CT molecular complexity index is 1750. The summed E-state index contributed by atoms with van der Waals surface area (Å²) in [5.74, 6) is 1.96. The van der Waals surface area contributed by atoms with Gasteiger partial charge in [-0.3, -0.25) is 0 Å². The molecule has 0 amide bonds. The highest BCUT2D eigenvalue weighted by Crippen LogP contribution is 2.45. The Kier molecular flexibility index (Phi) is 18.1. The number of aliphatic hydroxyl groups is 2. The van der Waals surface area contributed by atoms with Crippen LogP contribution in [0, 0.1) is 17.7 Å². The molecule has 4 N–H and O–H groups in total. The Morgan fingerprint density at radius 1 is 0.649 bits per heavy atom. The molecule has 1 unspecified atom stereocenters. The first-order valence-corrected chi connectivity index (χ1v) is 21.0. The number of ether oxygens (including phenoxy) is 4. The normalized spacial score (nSPS) is 19.1. The summed E-state index contributed by atoms with van der Waals surface area (Å²) in [4.78, 5) is 0. The minimum Gasteiger partial charge on any atom is -0.489 e. The Morgan fingerprint density at radius 3 is 1.65 bits per heavy atom. The summed E-state index contributed by atoms with van der Waals surface area (Å²) in [7, 11) is 3.42. The highest BCUT2D eigenvalue weighted by atomic mass is 35.5. The van der Waals surface area contributed by atoms with Crippen LogP contribution in [0.25, 0.3) is 0 Å². The van der Waals surface area contributed by atoms with Crippen molar-refractivity contribution in [2.75, 3.05) is 53.6 Å². The van der Waals surface area contributed by atoms with Crippen molar-refractivity contribution in [2.24, 2.45) is 11.8 Å². The van der Waals surface area contributed by atoms with E-state index in [1.54, 1.807) is 26.4 Å². The molecule has 8 nitrogen and oxygen atoms in total. The average Bonchev–Trinajstić information content (AvgIpc) is 3.25. The van der Waals surface area contributed by atoms with E-state index in [2.05, 4.69) is 10.6 Å². The third-order valence-corrected chi connectivity index (χ3v) is 11.6. The SMILES string of the molecule is COCCCCC(O)(c1ccccc1OCc1ccc(F)cc1)[C@@H]1CCCNC1.COCCCC[C@@](O)(c1ccccc1Oc1ccccc1Cl)[C@@H]1CCCNC1. The van der Waals surface area contributed by atoms with E-state index in [4.69, 9.17) is 30.5 Å². The first-order valence-electron chi connectivity index (χ1n) is 20.6. The Morgan fingerprint density at radius 2 is 1.14 bits per heavy atom. The summed E-state index contributed by atoms with van der Waals surface area (Å²) in [6.07, 6.45) is 9.06. The van der Waals surface area contributed by atoms with Crippen LogP contribution in [0.1, 0.15) is 80.9 Å². The average molecular weight is 805 g/mol. The highest BCUT2D eigenvalue weighted by molar-refractivity contribution is 6.32. The summed E-state index contributed by atoms with van der Waals surface area (Å²) >= 11 is 6.30. The third-order valence-electron chi connectivity index (χ3n) is 11.3. The highest BCUT2D eigenvalue weighted by Gasteiger charge is 2.42. The second-order valence-electron chi connectivity index (χ2n) is 15.3. The zero-order chi connectivity index (χ0) is 40.4. The van der Waals surface area contributed by atoms with E-state index in [0.29, 0.717) is 54.9 Å². The van der Waals surface area contributed by atoms with Crippen LogP contribution in [0.4, 0.5) is 4.39 Å². The standard InChI is InChI=1S/C24H32FNO3.C23H30ClNO3/c1-28-16-5-4-14-24(27,20-7-6-15-26-17-20)22-8-2-3-9-23(22)29-18-19-10-12-21(25)13-11-19;1-27-16-7-6-14-23(26,18-9-8-15-25-17-18)19-10-2-4-12-21(19)28-22-13-5-3-11-20(22)24/h2-3,8-13,20,26-27H,4-7,14-18H2,1H3;2-5,10-13,18,25-26H,6-9,14-17H2,1H3/t20-,24?;18-,23+/m11/s1. The Labute approximate surface area is 344 Å². The van der Waals surface area contributed by atoms with Gasteiger partial charge in [0.15, 0.2) is 0 Å². The van der Waals surface area contributed by atoms with Gasteiger partial charge in [0.1, 0.15) is 29.7 Å². The minimum absolute atomic E-state index is 0.134. The fourth-order valence-corrected chi connectivity index (χ4v) is 8.34. The second kappa shape index (κ2) is 23.2. The number of hydrogen-bond acceptors (Lipinski definition) is 8. The Balaban J connectivity index is 0.000000218. The second-order valence-corrected chi connectivity index (χ2v) is 15.7. The predicted molar refractivity (Wildman–Crippen MR) is 226 cm³/mol. The van der Waals surface area contributed by atoms with Gasteiger partial charge in [-0.2, -0.15) is 0 Å². The lowest BCUT2D eigenvalue weighted by Crippen LogP contribution is -2.44. The first kappa shape index (κ1) is 44.6. The van der Waals surface area contributed by atoms with Crippen LogP contribution in [0.5, 0.6) is 17.2 Å². The van der Waals surface area contributed by atoms with Crippen molar-refractivity contribution >= 4 is 11.6 Å². The van der Waals surface area contributed by atoms with Crippen molar-refractivity contribution in [3.05, 3.63) is 125 Å². The molecule has 0 aliphatic carbocycles. The van der Waals surface area contributed by atoms with Crippen LogP contribution >= 0.6 is 11.6 Å². The number of methoxy groups -OCH3 is 2. The van der Waals surface area contributed by atoms with E-state index >= 15 is 0 Å². The van der Waals surface area contributed by atoms with Gasteiger partial charge in [-0.05, 0) is 119 Å². The van der Waals surface area contributed by atoms with Gasteiger partial charge < -0.3 is 39.8 Å². The van der Waals surface area contributed by atoms with Crippen molar-refractivity contribution in [3.8, 4) is 17.2 Å². The van der Waals surface area contributed by atoms with Gasteiger partial charge >= 0.3 is 0 Å². The van der Waals surface area contributed by atoms with Gasteiger partial charge in [0.05, 0.1) is 16.2 Å². The maximum atomic E-state index is 13.2. The van der Waals surface area contributed by atoms with Crippen LogP contribution in [-0.2, 0) is 27.3 Å². The van der Waals surface area contributed by atoms with Crippen LogP contribution < -0.4 is 20.1 Å². The summed E-state index contributed by atoms with van der Waals surface area (Å²) < 4.78 is 35.8. The molecule has 310 valence electrons. The molecule has 2 heterocycles. The number of nitrogens with one attached hydrogen (secondary N) is 2. The van der Waals surface area contributed by atoms with Crippen LogP contribution in [-0.4, -0.2) is 63.8 Å². The lowest BCUT2D eigenvalue weighted by molar-refractivity contribution is -0.0455. The van der Waals surface area contributed by atoms with Gasteiger partial charge in [0.2, 0.25) is 0 Å². The molecule has 0 aromatic heterocycles. The first-order chi connectivity index (χ1) is 27.8. The van der Waals surface area contributed by atoms with E-state index in [9.17, 15) is 14.6 Å². The lowest BCUT2D eigenvalue weighted by Gasteiger charge is -2.40. The largest absolute Gasteiger partial charge is 0.489 e. The maximum Gasteiger partial charge on any atom is 0.146 e. The van der Waals surface area contributed by atoms with Crippen molar-refractivity contribution < 1.29 is 33.6 Å². The van der Waals surface area contributed by atoms with Crippen LogP contribution in [0.2, 0.25) is 5.02 Å². The summed E-state index contributed by atoms with van der Waals surface area (Å²) in [6.45, 7) is 5.35. The zero-order valence-electron chi connectivity index (χ0n) is 33.7. The van der Waals surface area contributed by atoms with Crippen molar-refractivity contribution in [1.29, 1.82) is 0 Å². The quantitative estimate of drug-likeness (QED) is 0.0696. The molecule has 10 heteroatoms. The number of unbranched alkanes of at least 4 members (excludes halogenated alkanes) is 2. The van der Waals surface area contributed by atoms with Gasteiger partial charge in [-0.15, -0.1) is 0 Å². The van der Waals surface area contributed by atoms with E-state index < -0.39 is 11.2 Å². The van der Waals surface area contributed by atoms with E-state index in [0.717, 1.165) is 94.2 Å². The number of halogens is 2. The lowest BCUT2D eigenvalue weighted by atomic mass is 9.74. The van der Waals surface area contributed by atoms with Gasteiger partial charge in [0.25, 0.3) is 0 Å². The molecule has 4 aromatic rings. The van der Waals surface area contributed by atoms with E-state index in [1.807, 2.05) is 72.8 Å². The molecule has 0 radical (unpaired) electrons. The number of para-hydroxylation sites is 3. The Hall–Kier alpha value is -3.54. The summed E-state index contributed by atoms with van der Waals surface area (Å²) in [5, 5.41) is 31.3. The minimum atomic E-state index is -0.959. The topological polar surface area (TPSA) is 101 Å². The molecule has 0 saturated carbocycles. The molecule has 0 spiro atoms. The number of benzene rings is 4. The number of hydrogen-bond donors (Lipinski definition) is 4. The number of piperidine rings is 2. The molecule has 2 aliphatic heterocycles. The van der Waals surface area contributed by atoms with Crippen LogP contribution in [0.3, 0.4) is 0 Å². The molecule has 0 bridgehead atoms. The third kappa shape index (κ3) is 12.7. The molecule has 2 aliphatic rings. The van der Waals surface area contributed by atoms with Crippen molar-refractivity contribution in [3.63, 3.8) is 0 Å².